The van der Waals surface area contributed by atoms with Crippen LogP contribution in [0.25, 0.3) is 11.4 Å². The van der Waals surface area contributed by atoms with Crippen LogP contribution in [0.15, 0.2) is 47.0 Å². The molecule has 3 rings (SSSR count). The molecule has 1 heterocycles. The number of hydrogen-bond donors (Lipinski definition) is 1. The molecule has 25 heavy (non-hydrogen) atoms. The second-order valence-electron chi connectivity index (χ2n) is 5.60. The molecule has 0 aliphatic rings. The number of carbonyl (C=O) groups excluding carboxylic acids is 1. The van der Waals surface area contributed by atoms with E-state index in [1.165, 1.54) is 0 Å². The molecule has 1 amide bonds. The van der Waals surface area contributed by atoms with E-state index in [0.717, 1.165) is 11.1 Å². The average Bonchev–Trinajstić information content (AvgIpc) is 3.08. The van der Waals surface area contributed by atoms with Crippen LogP contribution in [0.4, 0.5) is 0 Å². The fraction of sp³-hybridized carbons (Fsp3) is 0.167. The van der Waals surface area contributed by atoms with Crippen LogP contribution in [0.3, 0.4) is 0 Å². The van der Waals surface area contributed by atoms with Crippen molar-refractivity contribution >= 4 is 29.1 Å². The zero-order chi connectivity index (χ0) is 18.0. The fourth-order valence-electron chi connectivity index (χ4n) is 2.24. The van der Waals surface area contributed by atoms with Crippen LogP contribution in [-0.2, 0) is 0 Å². The molecule has 3 aromatic rings. The summed E-state index contributed by atoms with van der Waals surface area (Å²) in [7, 11) is 0. The van der Waals surface area contributed by atoms with Crippen molar-refractivity contribution in [3.8, 4) is 11.4 Å². The van der Waals surface area contributed by atoms with Gasteiger partial charge in [0.25, 0.3) is 5.91 Å². The minimum absolute atomic E-state index is 0.298. The quantitative estimate of drug-likeness (QED) is 0.707. The van der Waals surface area contributed by atoms with E-state index < -0.39 is 6.04 Å². The number of carbonyl (C=O) groups is 1. The Morgan fingerprint density at radius 3 is 2.64 bits per heavy atom. The molecule has 1 N–H and O–H groups in total. The molecule has 0 saturated carbocycles. The van der Waals surface area contributed by atoms with Gasteiger partial charge in [-0.05, 0) is 37.6 Å². The van der Waals surface area contributed by atoms with E-state index >= 15 is 0 Å². The van der Waals surface area contributed by atoms with Gasteiger partial charge in [0.2, 0.25) is 11.7 Å². The number of halogens is 2. The minimum Gasteiger partial charge on any atom is -0.340 e. The Kier molecular flexibility index (Phi) is 5.06. The maximum absolute atomic E-state index is 12.3. The first kappa shape index (κ1) is 17.5. The van der Waals surface area contributed by atoms with E-state index in [1.54, 1.807) is 37.3 Å². The van der Waals surface area contributed by atoms with Crippen molar-refractivity contribution in [2.45, 2.75) is 19.9 Å². The lowest BCUT2D eigenvalue weighted by Gasteiger charge is -2.10. The van der Waals surface area contributed by atoms with Gasteiger partial charge < -0.3 is 9.84 Å². The van der Waals surface area contributed by atoms with Crippen LogP contribution in [0.1, 0.15) is 34.8 Å². The van der Waals surface area contributed by atoms with Crippen LogP contribution in [-0.4, -0.2) is 16.0 Å². The second-order valence-corrected chi connectivity index (χ2v) is 6.41. The average molecular weight is 376 g/mol. The topological polar surface area (TPSA) is 68.0 Å². The fourth-order valence-corrected chi connectivity index (χ4v) is 2.64. The van der Waals surface area contributed by atoms with Crippen molar-refractivity contribution in [3.05, 3.63) is 69.5 Å². The van der Waals surface area contributed by atoms with Crippen molar-refractivity contribution in [2.24, 2.45) is 0 Å². The smallest absolute Gasteiger partial charge is 0.253 e. The largest absolute Gasteiger partial charge is 0.340 e. The first-order chi connectivity index (χ1) is 12.0. The van der Waals surface area contributed by atoms with Crippen molar-refractivity contribution in [1.82, 2.24) is 15.5 Å². The summed E-state index contributed by atoms with van der Waals surface area (Å²) in [6.45, 7) is 3.67. The Hall–Kier alpha value is -2.37. The predicted molar refractivity (Wildman–Crippen MR) is 96.8 cm³/mol. The highest BCUT2D eigenvalue weighted by Crippen LogP contribution is 2.24. The maximum Gasteiger partial charge on any atom is 0.253 e. The number of nitrogens with one attached hydrogen (secondary N) is 1. The van der Waals surface area contributed by atoms with Crippen LogP contribution in [0, 0.1) is 6.92 Å². The summed E-state index contributed by atoms with van der Waals surface area (Å²) in [5.41, 5.74) is 2.10. The van der Waals surface area contributed by atoms with Gasteiger partial charge in [0.1, 0.15) is 6.04 Å². The first-order valence-corrected chi connectivity index (χ1v) is 8.37. The molecule has 1 aromatic heterocycles. The molecule has 0 radical (unpaired) electrons. The van der Waals surface area contributed by atoms with Gasteiger partial charge in [-0.15, -0.1) is 0 Å². The summed E-state index contributed by atoms with van der Waals surface area (Å²) in [5.74, 6) is 0.402. The molecule has 1 atom stereocenters. The summed E-state index contributed by atoms with van der Waals surface area (Å²) in [4.78, 5) is 16.6. The zero-order valence-electron chi connectivity index (χ0n) is 13.6. The lowest BCUT2D eigenvalue weighted by atomic mass is 10.1. The van der Waals surface area contributed by atoms with Crippen molar-refractivity contribution in [1.29, 1.82) is 0 Å². The highest BCUT2D eigenvalue weighted by atomic mass is 35.5. The molecule has 1 unspecified atom stereocenters. The number of aromatic nitrogens is 2. The number of aryl methyl sites for hydroxylation is 1. The number of nitrogens with zero attached hydrogens (tertiary/aromatic N) is 2. The lowest BCUT2D eigenvalue weighted by Crippen LogP contribution is -2.27. The SMILES string of the molecule is Cc1ccc(-c2noc(C(C)NC(=O)c3ccccc3Cl)n2)cc1Cl. The summed E-state index contributed by atoms with van der Waals surface area (Å²) >= 11 is 12.2. The Balaban J connectivity index is 1.76. The zero-order valence-corrected chi connectivity index (χ0v) is 15.1. The van der Waals surface area contributed by atoms with Gasteiger partial charge in [0, 0.05) is 10.6 Å². The maximum atomic E-state index is 12.3. The molecule has 2 aromatic carbocycles. The van der Waals surface area contributed by atoms with Gasteiger partial charge in [-0.1, -0.05) is 52.6 Å². The van der Waals surface area contributed by atoms with Crippen LogP contribution >= 0.6 is 23.2 Å². The third kappa shape index (κ3) is 3.83. The van der Waals surface area contributed by atoms with Crippen molar-refractivity contribution in [2.75, 3.05) is 0 Å². The number of amides is 1. The molecule has 0 bridgehead atoms. The molecule has 0 fully saturated rings. The van der Waals surface area contributed by atoms with Gasteiger partial charge in [0.15, 0.2) is 0 Å². The van der Waals surface area contributed by atoms with E-state index in [4.69, 9.17) is 27.7 Å². The highest BCUT2D eigenvalue weighted by Gasteiger charge is 2.19. The molecular weight excluding hydrogens is 361 g/mol. The Morgan fingerprint density at radius 1 is 1.16 bits per heavy atom. The standard InChI is InChI=1S/C18H15Cl2N3O2/c1-10-7-8-12(9-15(10)20)16-22-18(25-23-16)11(2)21-17(24)13-5-3-4-6-14(13)19/h3-9,11H,1-2H3,(H,21,24). The molecular formula is C18H15Cl2N3O2. The molecule has 0 aliphatic carbocycles. The third-order valence-electron chi connectivity index (χ3n) is 3.71. The molecule has 5 nitrogen and oxygen atoms in total. The summed E-state index contributed by atoms with van der Waals surface area (Å²) in [6, 6.07) is 11.9. The van der Waals surface area contributed by atoms with Crippen LogP contribution in [0.2, 0.25) is 10.0 Å². The van der Waals surface area contributed by atoms with Gasteiger partial charge in [-0.25, -0.2) is 0 Å². The normalized spacial score (nSPS) is 12.0. The third-order valence-corrected chi connectivity index (χ3v) is 4.45. The molecule has 0 spiro atoms. The van der Waals surface area contributed by atoms with E-state index in [1.807, 2.05) is 19.1 Å². The Bertz CT molecular complexity index is 924. The number of hydrogen-bond acceptors (Lipinski definition) is 4. The van der Waals surface area contributed by atoms with E-state index in [-0.39, 0.29) is 5.91 Å². The van der Waals surface area contributed by atoms with Crippen LogP contribution < -0.4 is 5.32 Å². The highest BCUT2D eigenvalue weighted by molar-refractivity contribution is 6.33. The monoisotopic (exact) mass is 375 g/mol. The Morgan fingerprint density at radius 2 is 1.92 bits per heavy atom. The van der Waals surface area contributed by atoms with Gasteiger partial charge in [-0.3, -0.25) is 4.79 Å². The number of rotatable bonds is 4. The van der Waals surface area contributed by atoms with E-state index in [0.29, 0.717) is 27.3 Å². The summed E-state index contributed by atoms with van der Waals surface area (Å²) in [6.07, 6.45) is 0. The second kappa shape index (κ2) is 7.25. The van der Waals surface area contributed by atoms with Crippen LogP contribution in [0.5, 0.6) is 0 Å². The summed E-state index contributed by atoms with van der Waals surface area (Å²) < 4.78 is 5.27. The predicted octanol–water partition coefficient (Wildman–Crippen LogP) is 4.84. The molecule has 128 valence electrons. The van der Waals surface area contributed by atoms with Crippen molar-refractivity contribution in [3.63, 3.8) is 0 Å². The molecule has 0 saturated heterocycles. The lowest BCUT2D eigenvalue weighted by molar-refractivity contribution is 0.0932. The number of benzene rings is 2. The summed E-state index contributed by atoms with van der Waals surface area (Å²) in [5, 5.41) is 7.76. The van der Waals surface area contributed by atoms with E-state index in [2.05, 4.69) is 15.5 Å². The Labute approximate surface area is 155 Å². The molecule has 7 heteroatoms. The first-order valence-electron chi connectivity index (χ1n) is 7.61. The minimum atomic E-state index is -0.467. The van der Waals surface area contributed by atoms with Crippen molar-refractivity contribution < 1.29 is 9.32 Å². The molecule has 0 aliphatic heterocycles. The van der Waals surface area contributed by atoms with Gasteiger partial charge in [-0.2, -0.15) is 4.98 Å². The van der Waals surface area contributed by atoms with Gasteiger partial charge in [0.05, 0.1) is 10.6 Å². The van der Waals surface area contributed by atoms with E-state index in [9.17, 15) is 4.79 Å². The van der Waals surface area contributed by atoms with Gasteiger partial charge >= 0.3 is 0 Å².